The summed E-state index contributed by atoms with van der Waals surface area (Å²) in [6.45, 7) is 3.46. The van der Waals surface area contributed by atoms with Gasteiger partial charge in [-0.1, -0.05) is 30.3 Å². The molecule has 0 aromatic heterocycles. The largest absolute Gasteiger partial charge is 0.342 e. The van der Waals surface area contributed by atoms with E-state index >= 15 is 0 Å². The number of carbonyl (C=O) groups is 3. The molecule has 0 saturated carbocycles. The number of nitrogens with one attached hydrogen (secondary N) is 2. The highest BCUT2D eigenvalue weighted by Gasteiger charge is 2.19. The number of amides is 3. The summed E-state index contributed by atoms with van der Waals surface area (Å²) in [7, 11) is 0. The van der Waals surface area contributed by atoms with Crippen LogP contribution in [0.4, 0.5) is 0 Å². The van der Waals surface area contributed by atoms with E-state index in [9.17, 15) is 14.4 Å². The molecule has 2 N–H and O–H groups in total. The molecule has 3 amide bonds. The van der Waals surface area contributed by atoms with Crippen molar-refractivity contribution in [2.45, 2.75) is 24.7 Å². The third-order valence-electron chi connectivity index (χ3n) is 4.62. The van der Waals surface area contributed by atoms with Crippen molar-refractivity contribution in [1.29, 1.82) is 0 Å². The molecule has 2 aromatic rings. The fraction of sp³-hybridized carbons (Fsp3) is 0.286. The van der Waals surface area contributed by atoms with Crippen LogP contribution in [-0.4, -0.2) is 41.5 Å². The first-order valence-electron chi connectivity index (χ1n) is 9.22. The predicted octanol–water partition coefficient (Wildman–Crippen LogP) is 2.78. The Morgan fingerprint density at radius 2 is 1.46 bits per heavy atom. The van der Waals surface area contributed by atoms with Gasteiger partial charge >= 0.3 is 0 Å². The van der Waals surface area contributed by atoms with Gasteiger partial charge < -0.3 is 4.90 Å². The van der Waals surface area contributed by atoms with Gasteiger partial charge in [-0.15, -0.1) is 11.8 Å². The lowest BCUT2D eigenvalue weighted by Crippen LogP contribution is -2.42. The average Bonchev–Trinajstić information content (AvgIpc) is 3.25. The standard InChI is InChI=1S/C21H23N3O3S/c1-15-8-2-3-9-16(15)20(26)22-23-21(27)17-10-4-5-11-18(17)28-14-19(25)24-12-6-7-13-24/h2-5,8-11H,6-7,12-14H2,1H3,(H,22,26)(H,23,27). The van der Waals surface area contributed by atoms with Crippen molar-refractivity contribution in [2.24, 2.45) is 0 Å². The molecular weight excluding hydrogens is 374 g/mol. The summed E-state index contributed by atoms with van der Waals surface area (Å²) < 4.78 is 0. The summed E-state index contributed by atoms with van der Waals surface area (Å²) in [5.41, 5.74) is 6.66. The van der Waals surface area contributed by atoms with Crippen LogP contribution in [0.2, 0.25) is 0 Å². The van der Waals surface area contributed by atoms with Gasteiger partial charge in [0.2, 0.25) is 5.91 Å². The summed E-state index contributed by atoms with van der Waals surface area (Å²) >= 11 is 1.34. The maximum absolute atomic E-state index is 12.6. The van der Waals surface area contributed by atoms with Crippen LogP contribution in [0, 0.1) is 6.92 Å². The molecule has 1 aliphatic rings. The monoisotopic (exact) mass is 397 g/mol. The van der Waals surface area contributed by atoms with E-state index < -0.39 is 5.91 Å². The minimum Gasteiger partial charge on any atom is -0.342 e. The molecule has 1 saturated heterocycles. The van der Waals surface area contributed by atoms with E-state index in [0.29, 0.717) is 21.8 Å². The van der Waals surface area contributed by atoms with E-state index in [0.717, 1.165) is 31.5 Å². The topological polar surface area (TPSA) is 78.5 Å². The lowest BCUT2D eigenvalue weighted by atomic mass is 10.1. The Kier molecular flexibility index (Phi) is 6.71. The smallest absolute Gasteiger partial charge is 0.270 e. The van der Waals surface area contributed by atoms with E-state index in [4.69, 9.17) is 0 Å². The van der Waals surface area contributed by atoms with Gasteiger partial charge in [-0.3, -0.25) is 25.2 Å². The fourth-order valence-corrected chi connectivity index (χ4v) is 4.01. The Labute approximate surface area is 168 Å². The molecule has 0 unspecified atom stereocenters. The van der Waals surface area contributed by atoms with Crippen LogP contribution < -0.4 is 10.9 Å². The molecule has 0 aliphatic carbocycles. The number of benzene rings is 2. The number of hydrogen-bond acceptors (Lipinski definition) is 4. The maximum atomic E-state index is 12.6. The van der Waals surface area contributed by atoms with Crippen molar-refractivity contribution in [1.82, 2.24) is 15.8 Å². The van der Waals surface area contributed by atoms with Crippen molar-refractivity contribution >= 4 is 29.5 Å². The van der Waals surface area contributed by atoms with Gasteiger partial charge in [0.15, 0.2) is 0 Å². The van der Waals surface area contributed by atoms with Crippen LogP contribution in [0.15, 0.2) is 53.4 Å². The number of likely N-dealkylation sites (tertiary alicyclic amines) is 1. The van der Waals surface area contributed by atoms with Gasteiger partial charge in [-0.25, -0.2) is 0 Å². The van der Waals surface area contributed by atoms with Crippen LogP contribution in [0.5, 0.6) is 0 Å². The Bertz CT molecular complexity index is 879. The van der Waals surface area contributed by atoms with Gasteiger partial charge in [-0.05, 0) is 43.5 Å². The highest BCUT2D eigenvalue weighted by atomic mass is 32.2. The van der Waals surface area contributed by atoms with Gasteiger partial charge in [0, 0.05) is 23.5 Å². The van der Waals surface area contributed by atoms with Gasteiger partial charge in [0.1, 0.15) is 0 Å². The van der Waals surface area contributed by atoms with E-state index in [1.54, 1.807) is 30.3 Å². The second-order valence-corrected chi connectivity index (χ2v) is 7.61. The van der Waals surface area contributed by atoms with Crippen LogP contribution in [-0.2, 0) is 4.79 Å². The van der Waals surface area contributed by atoms with Gasteiger partial charge in [0.05, 0.1) is 11.3 Å². The second-order valence-electron chi connectivity index (χ2n) is 6.60. The average molecular weight is 398 g/mol. The summed E-state index contributed by atoms with van der Waals surface area (Å²) in [6, 6.07) is 14.2. The zero-order valence-electron chi connectivity index (χ0n) is 15.7. The van der Waals surface area contributed by atoms with E-state index in [2.05, 4.69) is 10.9 Å². The zero-order valence-corrected chi connectivity index (χ0v) is 16.6. The number of hydrazine groups is 1. The number of aryl methyl sites for hydroxylation is 1. The number of thioether (sulfide) groups is 1. The first kappa shape index (κ1) is 19.9. The number of nitrogens with zero attached hydrogens (tertiary/aromatic N) is 1. The molecule has 1 heterocycles. The first-order valence-corrected chi connectivity index (χ1v) is 10.2. The molecule has 0 spiro atoms. The lowest BCUT2D eigenvalue weighted by Gasteiger charge is -2.15. The van der Waals surface area contributed by atoms with Crippen LogP contribution >= 0.6 is 11.8 Å². The Morgan fingerprint density at radius 3 is 2.14 bits per heavy atom. The third kappa shape index (κ3) is 4.92. The zero-order chi connectivity index (χ0) is 19.9. The minimum absolute atomic E-state index is 0.0885. The number of rotatable bonds is 5. The van der Waals surface area contributed by atoms with E-state index in [1.165, 1.54) is 11.8 Å². The molecule has 146 valence electrons. The van der Waals surface area contributed by atoms with Crippen molar-refractivity contribution < 1.29 is 14.4 Å². The summed E-state index contributed by atoms with van der Waals surface area (Å²) in [5, 5.41) is 0. The van der Waals surface area contributed by atoms with Crippen molar-refractivity contribution in [2.75, 3.05) is 18.8 Å². The predicted molar refractivity (Wildman–Crippen MR) is 109 cm³/mol. The minimum atomic E-state index is -0.418. The molecule has 7 heteroatoms. The highest BCUT2D eigenvalue weighted by molar-refractivity contribution is 8.00. The molecule has 6 nitrogen and oxygen atoms in total. The summed E-state index contributed by atoms with van der Waals surface area (Å²) in [6.07, 6.45) is 2.10. The normalized spacial score (nSPS) is 13.2. The molecule has 0 radical (unpaired) electrons. The van der Waals surface area contributed by atoms with Gasteiger partial charge in [0.25, 0.3) is 11.8 Å². The van der Waals surface area contributed by atoms with E-state index in [-0.39, 0.29) is 11.8 Å². The molecule has 1 fully saturated rings. The Hall–Kier alpha value is -2.80. The Morgan fingerprint density at radius 1 is 0.893 bits per heavy atom. The second kappa shape index (κ2) is 9.41. The van der Waals surface area contributed by atoms with Crippen molar-refractivity contribution in [3.63, 3.8) is 0 Å². The number of hydrogen-bond donors (Lipinski definition) is 2. The van der Waals surface area contributed by atoms with Gasteiger partial charge in [-0.2, -0.15) is 0 Å². The van der Waals surface area contributed by atoms with Crippen molar-refractivity contribution in [3.05, 3.63) is 65.2 Å². The van der Waals surface area contributed by atoms with E-state index in [1.807, 2.05) is 30.0 Å². The maximum Gasteiger partial charge on any atom is 0.270 e. The molecule has 0 atom stereocenters. The SMILES string of the molecule is Cc1ccccc1C(=O)NNC(=O)c1ccccc1SCC(=O)N1CCCC1. The molecule has 28 heavy (non-hydrogen) atoms. The number of carbonyl (C=O) groups excluding carboxylic acids is 3. The molecule has 0 bridgehead atoms. The first-order chi connectivity index (χ1) is 13.6. The quantitative estimate of drug-likeness (QED) is 0.601. The third-order valence-corrected chi connectivity index (χ3v) is 5.68. The van der Waals surface area contributed by atoms with Crippen LogP contribution in [0.3, 0.4) is 0 Å². The summed E-state index contributed by atoms with van der Waals surface area (Å²) in [4.78, 5) is 39.6. The summed E-state index contributed by atoms with van der Waals surface area (Å²) in [5.74, 6) is -0.412. The Balaban J connectivity index is 1.60. The molecular formula is C21H23N3O3S. The molecule has 1 aliphatic heterocycles. The fourth-order valence-electron chi connectivity index (χ4n) is 3.05. The highest BCUT2D eigenvalue weighted by Crippen LogP contribution is 2.23. The van der Waals surface area contributed by atoms with Crippen molar-refractivity contribution in [3.8, 4) is 0 Å². The molecule has 2 aromatic carbocycles. The van der Waals surface area contributed by atoms with Crippen LogP contribution in [0.25, 0.3) is 0 Å². The lowest BCUT2D eigenvalue weighted by molar-refractivity contribution is -0.127. The van der Waals surface area contributed by atoms with Crippen LogP contribution in [0.1, 0.15) is 39.1 Å². The molecule has 3 rings (SSSR count).